The molecule has 7 nitrogen and oxygen atoms in total. The zero-order valence-electron chi connectivity index (χ0n) is 14.1. The first-order valence-corrected chi connectivity index (χ1v) is 8.54. The zero-order valence-corrected chi connectivity index (χ0v) is 14.1. The molecule has 1 aliphatic heterocycles. The second kappa shape index (κ2) is 6.84. The Kier molecular flexibility index (Phi) is 4.23. The highest BCUT2D eigenvalue weighted by Gasteiger charge is 2.29. The summed E-state index contributed by atoms with van der Waals surface area (Å²) >= 11 is 0. The van der Waals surface area contributed by atoms with E-state index in [1.54, 1.807) is 18.5 Å². The third kappa shape index (κ3) is 3.09. The van der Waals surface area contributed by atoms with Crippen LogP contribution in [0.15, 0.2) is 42.9 Å². The fourth-order valence-electron chi connectivity index (χ4n) is 3.36. The molecule has 1 amide bonds. The number of hydrogen-bond acceptors (Lipinski definition) is 5. The van der Waals surface area contributed by atoms with Crippen LogP contribution in [0.5, 0.6) is 0 Å². The second-order valence-electron chi connectivity index (χ2n) is 6.40. The van der Waals surface area contributed by atoms with Gasteiger partial charge in [-0.3, -0.25) is 4.79 Å². The quantitative estimate of drug-likeness (QED) is 0.753. The first kappa shape index (κ1) is 16.1. The fourth-order valence-corrected chi connectivity index (χ4v) is 3.36. The van der Waals surface area contributed by atoms with Gasteiger partial charge in [0.2, 0.25) is 5.91 Å². The molecule has 3 aromatic rings. The largest absolute Gasteiger partial charge is 0.355 e. The molecule has 0 bridgehead atoms. The highest BCUT2D eigenvalue weighted by atomic mass is 16.1. The van der Waals surface area contributed by atoms with Crippen LogP contribution in [0.25, 0.3) is 11.0 Å². The maximum absolute atomic E-state index is 12.5. The predicted molar refractivity (Wildman–Crippen MR) is 97.2 cm³/mol. The van der Waals surface area contributed by atoms with E-state index in [0.29, 0.717) is 18.7 Å². The van der Waals surface area contributed by atoms with Gasteiger partial charge in [-0.1, -0.05) is 12.1 Å². The maximum atomic E-state index is 12.5. The summed E-state index contributed by atoms with van der Waals surface area (Å²) in [6.07, 6.45) is 4.18. The molecule has 1 saturated heterocycles. The average Bonchev–Trinajstić information content (AvgIpc) is 3.35. The van der Waals surface area contributed by atoms with Crippen molar-refractivity contribution >= 4 is 22.8 Å². The minimum absolute atomic E-state index is 0.0363. The molecule has 26 heavy (non-hydrogen) atoms. The van der Waals surface area contributed by atoms with Crippen LogP contribution in [-0.2, 0) is 11.3 Å². The van der Waals surface area contributed by atoms with Gasteiger partial charge in [0, 0.05) is 25.8 Å². The number of nitriles is 1. The molecule has 130 valence electrons. The van der Waals surface area contributed by atoms with E-state index in [-0.39, 0.29) is 11.8 Å². The van der Waals surface area contributed by atoms with Gasteiger partial charge < -0.3 is 15.2 Å². The molecular formula is C19H18N6O. The number of aromatic amines is 1. The summed E-state index contributed by atoms with van der Waals surface area (Å²) in [6, 6.07) is 11.4. The highest BCUT2D eigenvalue weighted by molar-refractivity contribution is 5.88. The van der Waals surface area contributed by atoms with Gasteiger partial charge in [0.25, 0.3) is 0 Å². The number of rotatable bonds is 4. The first-order chi connectivity index (χ1) is 12.7. The zero-order chi connectivity index (χ0) is 17.9. The molecular weight excluding hydrogens is 328 g/mol. The van der Waals surface area contributed by atoms with E-state index in [0.717, 1.165) is 35.4 Å². The van der Waals surface area contributed by atoms with Crippen LogP contribution >= 0.6 is 0 Å². The van der Waals surface area contributed by atoms with Crippen molar-refractivity contribution in [2.24, 2.45) is 5.92 Å². The molecule has 1 atom stereocenters. The maximum Gasteiger partial charge on any atom is 0.225 e. The van der Waals surface area contributed by atoms with Crippen LogP contribution in [0.2, 0.25) is 0 Å². The van der Waals surface area contributed by atoms with Crippen molar-refractivity contribution in [2.75, 3.05) is 18.0 Å². The Morgan fingerprint density at radius 3 is 3.19 bits per heavy atom. The Morgan fingerprint density at radius 2 is 2.31 bits per heavy atom. The molecule has 1 fully saturated rings. The number of amides is 1. The number of aromatic nitrogens is 3. The lowest BCUT2D eigenvalue weighted by Gasteiger charge is -2.18. The van der Waals surface area contributed by atoms with Gasteiger partial charge in [0.05, 0.1) is 22.9 Å². The van der Waals surface area contributed by atoms with Gasteiger partial charge in [0.15, 0.2) is 0 Å². The highest BCUT2D eigenvalue weighted by Crippen LogP contribution is 2.27. The molecule has 2 N–H and O–H groups in total. The van der Waals surface area contributed by atoms with Crippen molar-refractivity contribution in [3.8, 4) is 6.07 Å². The molecule has 0 saturated carbocycles. The predicted octanol–water partition coefficient (Wildman–Crippen LogP) is 1.97. The van der Waals surface area contributed by atoms with Gasteiger partial charge >= 0.3 is 0 Å². The average molecular weight is 346 g/mol. The molecule has 4 rings (SSSR count). The van der Waals surface area contributed by atoms with Crippen LogP contribution in [0.1, 0.15) is 17.5 Å². The molecule has 1 unspecified atom stereocenters. The van der Waals surface area contributed by atoms with Crippen molar-refractivity contribution in [1.29, 1.82) is 5.26 Å². The smallest absolute Gasteiger partial charge is 0.225 e. The Morgan fingerprint density at radius 1 is 1.38 bits per heavy atom. The van der Waals surface area contributed by atoms with Crippen molar-refractivity contribution in [3.05, 3.63) is 54.0 Å². The Labute approximate surface area is 150 Å². The number of nitrogens with zero attached hydrogens (tertiary/aromatic N) is 4. The molecule has 0 radical (unpaired) electrons. The Balaban J connectivity index is 1.40. The van der Waals surface area contributed by atoms with Crippen LogP contribution in [0.3, 0.4) is 0 Å². The first-order valence-electron chi connectivity index (χ1n) is 8.54. The van der Waals surface area contributed by atoms with E-state index in [4.69, 9.17) is 5.26 Å². The standard InChI is InChI=1S/C19H18N6O/c20-9-13-2-1-3-14(8-13)10-22-19(26)15-5-7-25(11-15)18-16-4-6-21-17(16)23-12-24-18/h1-4,6,8,12,15H,5,7,10-11H2,(H,22,26)(H,21,23,24). The number of hydrogen-bond donors (Lipinski definition) is 2. The summed E-state index contributed by atoms with van der Waals surface area (Å²) in [4.78, 5) is 26.4. The molecule has 1 aliphatic rings. The number of carbonyl (C=O) groups excluding carboxylic acids is 1. The molecule has 0 aliphatic carbocycles. The third-order valence-electron chi connectivity index (χ3n) is 4.71. The lowest BCUT2D eigenvalue weighted by Crippen LogP contribution is -2.32. The summed E-state index contributed by atoms with van der Waals surface area (Å²) in [5.74, 6) is 0.834. The van der Waals surface area contributed by atoms with Gasteiger partial charge in [-0.25, -0.2) is 9.97 Å². The van der Waals surface area contributed by atoms with E-state index < -0.39 is 0 Å². The van der Waals surface area contributed by atoms with Gasteiger partial charge in [-0.15, -0.1) is 0 Å². The molecule has 0 spiro atoms. The van der Waals surface area contributed by atoms with Crippen LogP contribution in [0.4, 0.5) is 5.82 Å². The van der Waals surface area contributed by atoms with Gasteiger partial charge in [0.1, 0.15) is 17.8 Å². The lowest BCUT2D eigenvalue weighted by molar-refractivity contribution is -0.124. The fraction of sp³-hybridized carbons (Fsp3) is 0.263. The van der Waals surface area contributed by atoms with Crippen molar-refractivity contribution < 1.29 is 4.79 Å². The number of anilines is 1. The number of fused-ring (bicyclic) bond motifs is 1. The number of nitrogens with one attached hydrogen (secondary N) is 2. The number of carbonyl (C=O) groups is 1. The SMILES string of the molecule is N#Cc1cccc(CNC(=O)C2CCN(c3ncnc4[nH]ccc34)C2)c1. The van der Waals surface area contributed by atoms with Gasteiger partial charge in [-0.2, -0.15) is 5.26 Å². The van der Waals surface area contributed by atoms with Gasteiger partial charge in [-0.05, 0) is 30.2 Å². The second-order valence-corrected chi connectivity index (χ2v) is 6.40. The van der Waals surface area contributed by atoms with Crippen LogP contribution < -0.4 is 10.2 Å². The van der Waals surface area contributed by atoms with E-state index in [1.165, 1.54) is 0 Å². The summed E-state index contributed by atoms with van der Waals surface area (Å²) in [6.45, 7) is 1.86. The monoisotopic (exact) mass is 346 g/mol. The minimum Gasteiger partial charge on any atom is -0.355 e. The van der Waals surface area contributed by atoms with Crippen molar-refractivity contribution in [1.82, 2.24) is 20.3 Å². The summed E-state index contributed by atoms with van der Waals surface area (Å²) in [7, 11) is 0. The molecule has 3 heterocycles. The van der Waals surface area contributed by atoms with Crippen LogP contribution in [0, 0.1) is 17.2 Å². The van der Waals surface area contributed by atoms with E-state index in [9.17, 15) is 4.79 Å². The minimum atomic E-state index is -0.0712. The lowest BCUT2D eigenvalue weighted by atomic mass is 10.1. The van der Waals surface area contributed by atoms with E-state index in [1.807, 2.05) is 24.4 Å². The summed E-state index contributed by atoms with van der Waals surface area (Å²) in [5.41, 5.74) is 2.33. The van der Waals surface area contributed by atoms with E-state index in [2.05, 4.69) is 31.2 Å². The normalized spacial score (nSPS) is 16.6. The van der Waals surface area contributed by atoms with E-state index >= 15 is 0 Å². The Hall–Kier alpha value is -3.40. The molecule has 2 aromatic heterocycles. The van der Waals surface area contributed by atoms with Crippen molar-refractivity contribution in [2.45, 2.75) is 13.0 Å². The summed E-state index contributed by atoms with van der Waals surface area (Å²) < 4.78 is 0. The topological polar surface area (TPSA) is 97.7 Å². The van der Waals surface area contributed by atoms with Crippen LogP contribution in [-0.4, -0.2) is 33.9 Å². The van der Waals surface area contributed by atoms with Crippen molar-refractivity contribution in [3.63, 3.8) is 0 Å². The third-order valence-corrected chi connectivity index (χ3v) is 4.71. The molecule has 7 heteroatoms. The number of benzene rings is 1. The summed E-state index contributed by atoms with van der Waals surface area (Å²) in [5, 5.41) is 12.9. The Bertz CT molecular complexity index is 989. The number of H-pyrrole nitrogens is 1. The molecule has 1 aromatic carbocycles.